The van der Waals surface area contributed by atoms with Crippen LogP contribution in [0, 0.1) is 11.3 Å². The van der Waals surface area contributed by atoms with Crippen molar-refractivity contribution in [1.29, 1.82) is 5.26 Å². The van der Waals surface area contributed by atoms with Crippen LogP contribution in [0.25, 0.3) is 0 Å². The molecular formula is C11H10BrN3O. The second-order valence-electron chi connectivity index (χ2n) is 3.51. The summed E-state index contributed by atoms with van der Waals surface area (Å²) in [6, 6.07) is 7.26. The summed E-state index contributed by atoms with van der Waals surface area (Å²) < 4.78 is 0.861. The molecule has 0 aromatic heterocycles. The Hall–Kier alpha value is -1.54. The molecule has 1 saturated heterocycles. The predicted molar refractivity (Wildman–Crippen MR) is 64.2 cm³/mol. The van der Waals surface area contributed by atoms with Crippen LogP contribution in [-0.2, 0) is 0 Å². The van der Waals surface area contributed by atoms with E-state index in [0.717, 1.165) is 10.9 Å². The van der Waals surface area contributed by atoms with Crippen molar-refractivity contribution >= 4 is 27.6 Å². The molecule has 0 unspecified atom stereocenters. The van der Waals surface area contributed by atoms with Crippen LogP contribution in [0.4, 0.5) is 10.5 Å². The molecule has 1 fully saturated rings. The Bertz CT molecular complexity index is 467. The molecule has 16 heavy (non-hydrogen) atoms. The summed E-state index contributed by atoms with van der Waals surface area (Å²) in [5.41, 5.74) is 1.18. The number of halogens is 1. The average molecular weight is 280 g/mol. The lowest BCUT2D eigenvalue weighted by Gasteiger charge is -2.28. The third-order valence-corrected chi connectivity index (χ3v) is 2.94. The summed E-state index contributed by atoms with van der Waals surface area (Å²) in [6.07, 6.45) is 0.892. The number of benzene rings is 1. The Morgan fingerprint density at radius 1 is 1.50 bits per heavy atom. The number of nitrogens with zero attached hydrogens (tertiary/aromatic N) is 2. The number of hydrogen-bond acceptors (Lipinski definition) is 2. The summed E-state index contributed by atoms with van der Waals surface area (Å²) in [7, 11) is 0. The van der Waals surface area contributed by atoms with E-state index in [1.165, 1.54) is 0 Å². The molecule has 1 aliphatic rings. The number of hydrogen-bond donors (Lipinski definition) is 1. The van der Waals surface area contributed by atoms with Crippen molar-refractivity contribution in [3.63, 3.8) is 0 Å². The van der Waals surface area contributed by atoms with Crippen molar-refractivity contribution in [1.82, 2.24) is 5.32 Å². The summed E-state index contributed by atoms with van der Waals surface area (Å²) >= 11 is 3.34. The largest absolute Gasteiger partial charge is 0.338 e. The van der Waals surface area contributed by atoms with Crippen LogP contribution in [0.2, 0.25) is 0 Å². The molecule has 2 amide bonds. The standard InChI is InChI=1S/C11H10BrN3O/c12-9-3-2-8(7-13)10(6-9)15-5-1-4-14-11(15)16/h2-3,6H,1,4-5H2,(H,14,16). The van der Waals surface area contributed by atoms with Crippen molar-refractivity contribution in [2.75, 3.05) is 18.0 Å². The van der Waals surface area contributed by atoms with Gasteiger partial charge in [-0.15, -0.1) is 0 Å². The quantitative estimate of drug-likeness (QED) is 0.857. The van der Waals surface area contributed by atoms with Gasteiger partial charge in [-0.05, 0) is 24.6 Å². The first-order valence-electron chi connectivity index (χ1n) is 4.97. The maximum Gasteiger partial charge on any atom is 0.321 e. The van der Waals surface area contributed by atoms with E-state index in [2.05, 4.69) is 27.3 Å². The zero-order valence-corrected chi connectivity index (χ0v) is 10.1. The summed E-state index contributed by atoms with van der Waals surface area (Å²) in [4.78, 5) is 13.3. The minimum absolute atomic E-state index is 0.138. The zero-order valence-electron chi connectivity index (χ0n) is 8.53. The van der Waals surface area contributed by atoms with Gasteiger partial charge in [0.15, 0.2) is 0 Å². The smallest absolute Gasteiger partial charge is 0.321 e. The number of nitrogens with one attached hydrogen (secondary N) is 1. The fourth-order valence-corrected chi connectivity index (χ4v) is 2.03. The molecule has 0 spiro atoms. The number of amides is 2. The van der Waals surface area contributed by atoms with Crippen molar-refractivity contribution in [3.8, 4) is 6.07 Å². The average Bonchev–Trinajstić information content (AvgIpc) is 2.29. The van der Waals surface area contributed by atoms with Crippen LogP contribution in [0.5, 0.6) is 0 Å². The molecular weight excluding hydrogens is 270 g/mol. The van der Waals surface area contributed by atoms with E-state index < -0.39 is 0 Å². The second kappa shape index (κ2) is 4.54. The predicted octanol–water partition coefficient (Wildman–Crippen LogP) is 2.24. The summed E-state index contributed by atoms with van der Waals surface area (Å²) in [5, 5.41) is 11.8. The van der Waals surface area contributed by atoms with E-state index in [9.17, 15) is 4.79 Å². The Labute approximate surface area is 102 Å². The van der Waals surface area contributed by atoms with Gasteiger partial charge >= 0.3 is 6.03 Å². The first-order valence-corrected chi connectivity index (χ1v) is 5.76. The lowest BCUT2D eigenvalue weighted by Crippen LogP contribution is -2.46. The van der Waals surface area contributed by atoms with Crippen LogP contribution in [-0.4, -0.2) is 19.1 Å². The molecule has 0 atom stereocenters. The van der Waals surface area contributed by atoms with Crippen LogP contribution in [0.1, 0.15) is 12.0 Å². The van der Waals surface area contributed by atoms with Crippen LogP contribution >= 0.6 is 15.9 Å². The number of carbonyl (C=O) groups excluding carboxylic acids is 1. The molecule has 1 heterocycles. The maximum absolute atomic E-state index is 11.7. The van der Waals surface area contributed by atoms with E-state index in [4.69, 9.17) is 5.26 Å². The summed E-state index contributed by atoms with van der Waals surface area (Å²) in [6.45, 7) is 1.35. The number of anilines is 1. The Balaban J connectivity index is 2.42. The third kappa shape index (κ3) is 2.02. The Morgan fingerprint density at radius 2 is 2.31 bits per heavy atom. The van der Waals surface area contributed by atoms with Gasteiger partial charge < -0.3 is 5.32 Å². The SMILES string of the molecule is N#Cc1ccc(Br)cc1N1CCCNC1=O. The minimum atomic E-state index is -0.138. The first-order chi connectivity index (χ1) is 7.72. The number of nitriles is 1. The fraction of sp³-hybridized carbons (Fsp3) is 0.273. The van der Waals surface area contributed by atoms with Gasteiger partial charge in [0.1, 0.15) is 6.07 Å². The lowest BCUT2D eigenvalue weighted by molar-refractivity contribution is 0.243. The molecule has 1 aromatic rings. The maximum atomic E-state index is 11.7. The number of carbonyl (C=O) groups is 1. The van der Waals surface area contributed by atoms with E-state index >= 15 is 0 Å². The molecule has 82 valence electrons. The van der Waals surface area contributed by atoms with E-state index in [-0.39, 0.29) is 6.03 Å². The highest BCUT2D eigenvalue weighted by molar-refractivity contribution is 9.10. The van der Waals surface area contributed by atoms with Gasteiger partial charge in [0, 0.05) is 17.6 Å². The fourth-order valence-electron chi connectivity index (χ4n) is 1.68. The van der Waals surface area contributed by atoms with Gasteiger partial charge in [-0.2, -0.15) is 5.26 Å². The van der Waals surface area contributed by atoms with Crippen molar-refractivity contribution in [2.24, 2.45) is 0 Å². The number of urea groups is 1. The molecule has 0 saturated carbocycles. The van der Waals surface area contributed by atoms with Crippen molar-refractivity contribution in [2.45, 2.75) is 6.42 Å². The molecule has 0 radical (unpaired) electrons. The van der Waals surface area contributed by atoms with Crippen LogP contribution in [0.3, 0.4) is 0 Å². The monoisotopic (exact) mass is 279 g/mol. The van der Waals surface area contributed by atoms with Crippen LogP contribution < -0.4 is 10.2 Å². The lowest BCUT2D eigenvalue weighted by atomic mass is 10.1. The molecule has 0 aliphatic carbocycles. The molecule has 4 nitrogen and oxygen atoms in total. The molecule has 5 heteroatoms. The molecule has 1 N–H and O–H groups in total. The van der Waals surface area contributed by atoms with Crippen molar-refractivity contribution in [3.05, 3.63) is 28.2 Å². The first kappa shape index (κ1) is 11.0. The van der Waals surface area contributed by atoms with Gasteiger partial charge in [0.05, 0.1) is 11.3 Å². The van der Waals surface area contributed by atoms with Gasteiger partial charge in [-0.25, -0.2) is 4.79 Å². The van der Waals surface area contributed by atoms with E-state index in [0.29, 0.717) is 24.3 Å². The zero-order chi connectivity index (χ0) is 11.5. The minimum Gasteiger partial charge on any atom is -0.338 e. The van der Waals surface area contributed by atoms with Gasteiger partial charge in [-0.1, -0.05) is 15.9 Å². The second-order valence-corrected chi connectivity index (χ2v) is 4.43. The molecule has 1 aliphatic heterocycles. The Kier molecular flexibility index (Phi) is 3.11. The molecule has 0 bridgehead atoms. The molecule has 1 aromatic carbocycles. The highest BCUT2D eigenvalue weighted by Gasteiger charge is 2.21. The highest BCUT2D eigenvalue weighted by Crippen LogP contribution is 2.25. The normalized spacial score (nSPS) is 15.5. The highest BCUT2D eigenvalue weighted by atomic mass is 79.9. The summed E-state index contributed by atoms with van der Waals surface area (Å²) in [5.74, 6) is 0. The number of rotatable bonds is 1. The van der Waals surface area contributed by atoms with E-state index in [1.807, 2.05) is 0 Å². The van der Waals surface area contributed by atoms with Gasteiger partial charge in [-0.3, -0.25) is 4.90 Å². The molecule has 2 rings (SSSR count). The van der Waals surface area contributed by atoms with E-state index in [1.54, 1.807) is 23.1 Å². The van der Waals surface area contributed by atoms with Crippen molar-refractivity contribution < 1.29 is 4.79 Å². The van der Waals surface area contributed by atoms with Gasteiger partial charge in [0.25, 0.3) is 0 Å². The topological polar surface area (TPSA) is 56.1 Å². The van der Waals surface area contributed by atoms with Gasteiger partial charge in [0.2, 0.25) is 0 Å². The Morgan fingerprint density at radius 3 is 3.00 bits per heavy atom. The van der Waals surface area contributed by atoms with Crippen LogP contribution in [0.15, 0.2) is 22.7 Å². The third-order valence-electron chi connectivity index (χ3n) is 2.45.